The number of carbonyl (C=O) groups is 1. The van der Waals surface area contributed by atoms with Crippen LogP contribution in [0, 0.1) is 6.92 Å². The van der Waals surface area contributed by atoms with Gasteiger partial charge in [-0.1, -0.05) is 58.2 Å². The maximum Gasteiger partial charge on any atom is 0.263 e. The van der Waals surface area contributed by atoms with Crippen molar-refractivity contribution in [2.24, 2.45) is 0 Å². The molecule has 2 aromatic carbocycles. The molecule has 0 atom stereocenters. The van der Waals surface area contributed by atoms with Crippen LogP contribution in [-0.2, 0) is 0 Å². The van der Waals surface area contributed by atoms with Crippen molar-refractivity contribution >= 4 is 46.4 Å². The van der Waals surface area contributed by atoms with Gasteiger partial charge in [-0.15, -0.1) is 0 Å². The van der Waals surface area contributed by atoms with Crippen LogP contribution in [-0.4, -0.2) is 18.1 Å². The lowest BCUT2D eigenvalue weighted by atomic mass is 10.0. The molecule has 3 rings (SSSR count). The zero-order valence-corrected chi connectivity index (χ0v) is 15.7. The topological polar surface area (TPSA) is 46.3 Å². The van der Waals surface area contributed by atoms with E-state index in [-0.39, 0.29) is 5.91 Å². The molecule has 0 aliphatic heterocycles. The number of benzene rings is 2. The van der Waals surface area contributed by atoms with E-state index in [1.165, 1.54) is 4.90 Å². The van der Waals surface area contributed by atoms with Gasteiger partial charge < -0.3 is 9.42 Å². The number of anilines is 1. The molecule has 1 heterocycles. The quantitative estimate of drug-likeness (QED) is 0.556. The van der Waals surface area contributed by atoms with Crippen molar-refractivity contribution in [1.82, 2.24) is 5.16 Å². The van der Waals surface area contributed by atoms with Gasteiger partial charge in [0.2, 0.25) is 0 Å². The highest BCUT2D eigenvalue weighted by Gasteiger charge is 2.26. The van der Waals surface area contributed by atoms with Crippen molar-refractivity contribution in [1.29, 1.82) is 0 Å². The van der Waals surface area contributed by atoms with Crippen LogP contribution in [0.15, 0.2) is 47.0 Å². The second kappa shape index (κ2) is 7.08. The van der Waals surface area contributed by atoms with Gasteiger partial charge in [-0.05, 0) is 31.2 Å². The van der Waals surface area contributed by atoms with Crippen molar-refractivity contribution in [3.05, 3.63) is 68.9 Å². The van der Waals surface area contributed by atoms with Gasteiger partial charge in [-0.2, -0.15) is 0 Å². The highest BCUT2D eigenvalue weighted by Crippen LogP contribution is 2.34. The second-order valence-electron chi connectivity index (χ2n) is 5.40. The van der Waals surface area contributed by atoms with Crippen LogP contribution in [0.1, 0.15) is 16.1 Å². The summed E-state index contributed by atoms with van der Waals surface area (Å²) in [5, 5.41) is 5.37. The average molecular weight is 396 g/mol. The van der Waals surface area contributed by atoms with Gasteiger partial charge in [-0.25, -0.2) is 0 Å². The summed E-state index contributed by atoms with van der Waals surface area (Å²) in [5.41, 5.74) is 1.88. The Kier molecular flexibility index (Phi) is 5.04. The van der Waals surface area contributed by atoms with E-state index >= 15 is 0 Å². The van der Waals surface area contributed by atoms with Crippen LogP contribution in [0.25, 0.3) is 11.3 Å². The van der Waals surface area contributed by atoms with Gasteiger partial charge in [0.15, 0.2) is 0 Å². The number of carbonyl (C=O) groups excluding carboxylic acids is 1. The molecule has 4 nitrogen and oxygen atoms in total. The smallest absolute Gasteiger partial charge is 0.263 e. The van der Waals surface area contributed by atoms with Crippen molar-refractivity contribution < 1.29 is 9.32 Å². The summed E-state index contributed by atoms with van der Waals surface area (Å²) in [4.78, 5) is 14.5. The molecule has 25 heavy (non-hydrogen) atoms. The first-order valence-electron chi connectivity index (χ1n) is 7.34. The van der Waals surface area contributed by atoms with Crippen molar-refractivity contribution in [2.75, 3.05) is 11.9 Å². The van der Waals surface area contributed by atoms with E-state index in [2.05, 4.69) is 5.16 Å². The molecular formula is C18H13Cl3N2O2. The summed E-state index contributed by atoms with van der Waals surface area (Å²) in [7, 11) is 1.63. The molecule has 0 radical (unpaired) electrons. The van der Waals surface area contributed by atoms with Gasteiger partial charge in [-0.3, -0.25) is 4.79 Å². The zero-order chi connectivity index (χ0) is 18.1. The second-order valence-corrected chi connectivity index (χ2v) is 6.65. The van der Waals surface area contributed by atoms with Crippen LogP contribution in [0.3, 0.4) is 0 Å². The van der Waals surface area contributed by atoms with Crippen LogP contribution in [0.4, 0.5) is 5.69 Å². The Morgan fingerprint density at radius 2 is 1.80 bits per heavy atom. The number of hydrogen-bond acceptors (Lipinski definition) is 3. The van der Waals surface area contributed by atoms with Crippen LogP contribution in [0.5, 0.6) is 0 Å². The molecule has 0 unspecified atom stereocenters. The zero-order valence-electron chi connectivity index (χ0n) is 13.4. The minimum atomic E-state index is -0.308. The van der Waals surface area contributed by atoms with Gasteiger partial charge in [0, 0.05) is 17.6 Å². The van der Waals surface area contributed by atoms with Gasteiger partial charge >= 0.3 is 0 Å². The molecule has 0 bridgehead atoms. The number of rotatable bonds is 3. The minimum absolute atomic E-state index is 0.308. The van der Waals surface area contributed by atoms with Crippen LogP contribution < -0.4 is 4.90 Å². The van der Waals surface area contributed by atoms with E-state index < -0.39 is 0 Å². The Morgan fingerprint density at radius 3 is 2.48 bits per heavy atom. The summed E-state index contributed by atoms with van der Waals surface area (Å²) in [6.45, 7) is 1.68. The Hall–Kier alpha value is -2.01. The third kappa shape index (κ3) is 3.38. The first-order chi connectivity index (χ1) is 11.9. The van der Waals surface area contributed by atoms with Crippen LogP contribution >= 0.6 is 34.8 Å². The predicted molar refractivity (Wildman–Crippen MR) is 101 cm³/mol. The summed E-state index contributed by atoms with van der Waals surface area (Å²) >= 11 is 18.4. The number of aromatic nitrogens is 1. The molecule has 0 saturated carbocycles. The van der Waals surface area contributed by atoms with Crippen molar-refractivity contribution in [2.45, 2.75) is 6.92 Å². The summed E-state index contributed by atoms with van der Waals surface area (Å²) in [6, 6.07) is 12.1. The van der Waals surface area contributed by atoms with E-state index in [1.54, 1.807) is 50.4 Å². The molecule has 0 spiro atoms. The standard InChI is InChI=1S/C18H13Cl3N2O2/c1-10-16(17(22-25-10)12-5-3-4-6-13(12)20)18(24)23(2)15-8-7-11(19)9-14(15)21/h3-9H,1-2H3. The summed E-state index contributed by atoms with van der Waals surface area (Å²) in [6.07, 6.45) is 0. The molecule has 0 fully saturated rings. The molecule has 1 aromatic heterocycles. The minimum Gasteiger partial charge on any atom is -0.360 e. The van der Waals surface area contributed by atoms with E-state index in [9.17, 15) is 4.79 Å². The number of hydrogen-bond donors (Lipinski definition) is 0. The van der Waals surface area contributed by atoms with E-state index in [0.29, 0.717) is 43.3 Å². The first kappa shape index (κ1) is 17.8. The highest BCUT2D eigenvalue weighted by atomic mass is 35.5. The molecular weight excluding hydrogens is 383 g/mol. The number of aryl methyl sites for hydroxylation is 1. The monoisotopic (exact) mass is 394 g/mol. The van der Waals surface area contributed by atoms with Gasteiger partial charge in [0.25, 0.3) is 5.91 Å². The first-order valence-corrected chi connectivity index (χ1v) is 8.48. The van der Waals surface area contributed by atoms with E-state index in [0.717, 1.165) is 0 Å². The molecule has 0 saturated heterocycles. The lowest BCUT2D eigenvalue weighted by Gasteiger charge is -2.19. The molecule has 7 heteroatoms. The Bertz CT molecular complexity index is 953. The van der Waals surface area contributed by atoms with E-state index in [4.69, 9.17) is 39.3 Å². The van der Waals surface area contributed by atoms with Crippen molar-refractivity contribution in [3.8, 4) is 11.3 Å². The fraction of sp³-hybridized carbons (Fsp3) is 0.111. The molecule has 3 aromatic rings. The molecule has 0 aliphatic carbocycles. The number of nitrogens with zero attached hydrogens (tertiary/aromatic N) is 2. The molecule has 0 N–H and O–H groups in total. The summed E-state index contributed by atoms with van der Waals surface area (Å²) in [5.74, 6) is 0.0924. The fourth-order valence-electron chi connectivity index (χ4n) is 2.49. The van der Waals surface area contributed by atoms with Gasteiger partial charge in [0.05, 0.1) is 15.7 Å². The van der Waals surface area contributed by atoms with Crippen LogP contribution in [0.2, 0.25) is 15.1 Å². The molecule has 1 amide bonds. The van der Waals surface area contributed by atoms with Gasteiger partial charge in [0.1, 0.15) is 17.0 Å². The number of amides is 1. The average Bonchev–Trinajstić information content (AvgIpc) is 2.95. The highest BCUT2D eigenvalue weighted by molar-refractivity contribution is 6.37. The largest absolute Gasteiger partial charge is 0.360 e. The normalized spacial score (nSPS) is 10.8. The third-order valence-electron chi connectivity index (χ3n) is 3.78. The Morgan fingerprint density at radius 1 is 1.08 bits per heavy atom. The maximum atomic E-state index is 13.1. The summed E-state index contributed by atoms with van der Waals surface area (Å²) < 4.78 is 5.25. The molecule has 128 valence electrons. The molecule has 0 aliphatic rings. The SMILES string of the molecule is Cc1onc(-c2ccccc2Cl)c1C(=O)N(C)c1ccc(Cl)cc1Cl. The maximum absolute atomic E-state index is 13.1. The third-order valence-corrected chi connectivity index (χ3v) is 4.65. The van der Waals surface area contributed by atoms with Crippen molar-refractivity contribution in [3.63, 3.8) is 0 Å². The fourth-order valence-corrected chi connectivity index (χ4v) is 3.25. The van der Waals surface area contributed by atoms with E-state index in [1.807, 2.05) is 6.07 Å². The number of halogens is 3. The Balaban J connectivity index is 2.06. The lowest BCUT2D eigenvalue weighted by Crippen LogP contribution is -2.27. The predicted octanol–water partition coefficient (Wildman–Crippen LogP) is 5.89. The lowest BCUT2D eigenvalue weighted by molar-refractivity contribution is 0.0992. The Labute approximate surface area is 159 Å².